The van der Waals surface area contributed by atoms with E-state index < -0.39 is 10.0 Å². The molecule has 1 unspecified atom stereocenters. The first-order chi connectivity index (χ1) is 8.81. The van der Waals surface area contributed by atoms with Crippen molar-refractivity contribution in [3.63, 3.8) is 0 Å². The summed E-state index contributed by atoms with van der Waals surface area (Å²) in [5, 5.41) is 0. The lowest BCUT2D eigenvalue weighted by atomic mass is 10.0. The van der Waals surface area contributed by atoms with Crippen LogP contribution in [0.2, 0.25) is 0 Å². The molecule has 1 atom stereocenters. The molecule has 1 rings (SSSR count). The van der Waals surface area contributed by atoms with Crippen molar-refractivity contribution in [2.75, 3.05) is 5.73 Å². The van der Waals surface area contributed by atoms with E-state index in [0.29, 0.717) is 11.6 Å². The number of hydrogen-bond acceptors (Lipinski definition) is 3. The Morgan fingerprint density at radius 1 is 1.11 bits per heavy atom. The van der Waals surface area contributed by atoms with Gasteiger partial charge in [0.05, 0.1) is 4.90 Å². The first kappa shape index (κ1) is 16.0. The molecule has 0 spiro atoms. The van der Waals surface area contributed by atoms with Crippen LogP contribution in [0, 0.1) is 5.92 Å². The molecule has 0 aliphatic heterocycles. The van der Waals surface area contributed by atoms with Gasteiger partial charge in [-0.05, 0) is 43.5 Å². The van der Waals surface area contributed by atoms with E-state index in [9.17, 15) is 8.42 Å². The van der Waals surface area contributed by atoms with Crippen LogP contribution < -0.4 is 10.5 Å². The van der Waals surface area contributed by atoms with Crippen molar-refractivity contribution in [1.29, 1.82) is 0 Å². The highest BCUT2D eigenvalue weighted by Gasteiger charge is 2.16. The zero-order valence-electron chi connectivity index (χ0n) is 11.9. The molecule has 0 heterocycles. The van der Waals surface area contributed by atoms with E-state index in [1.54, 1.807) is 12.1 Å². The van der Waals surface area contributed by atoms with E-state index in [1.165, 1.54) is 12.1 Å². The summed E-state index contributed by atoms with van der Waals surface area (Å²) in [6.45, 7) is 6.24. The Labute approximate surface area is 116 Å². The molecule has 0 aliphatic rings. The largest absolute Gasteiger partial charge is 0.399 e. The maximum absolute atomic E-state index is 12.1. The second-order valence-electron chi connectivity index (χ2n) is 5.42. The van der Waals surface area contributed by atoms with Gasteiger partial charge < -0.3 is 5.73 Å². The fraction of sp³-hybridized carbons (Fsp3) is 0.571. The summed E-state index contributed by atoms with van der Waals surface area (Å²) in [7, 11) is -3.43. The summed E-state index contributed by atoms with van der Waals surface area (Å²) >= 11 is 0. The summed E-state index contributed by atoms with van der Waals surface area (Å²) in [6, 6.07) is 6.19. The van der Waals surface area contributed by atoms with Crippen molar-refractivity contribution in [1.82, 2.24) is 4.72 Å². The Morgan fingerprint density at radius 2 is 1.68 bits per heavy atom. The summed E-state index contributed by atoms with van der Waals surface area (Å²) in [4.78, 5) is 0.261. The fourth-order valence-corrected chi connectivity index (χ4v) is 3.15. The highest BCUT2D eigenvalue weighted by molar-refractivity contribution is 7.89. The molecule has 0 amide bonds. The van der Waals surface area contributed by atoms with Gasteiger partial charge in [0.2, 0.25) is 10.0 Å². The quantitative estimate of drug-likeness (QED) is 0.756. The molecule has 1 aromatic rings. The monoisotopic (exact) mass is 284 g/mol. The minimum atomic E-state index is -3.43. The second-order valence-corrected chi connectivity index (χ2v) is 7.13. The number of anilines is 1. The Hall–Kier alpha value is -1.07. The van der Waals surface area contributed by atoms with Crippen LogP contribution in [0.15, 0.2) is 29.2 Å². The lowest BCUT2D eigenvalue weighted by Crippen LogP contribution is -2.32. The van der Waals surface area contributed by atoms with E-state index in [4.69, 9.17) is 5.73 Å². The maximum atomic E-state index is 12.1. The van der Waals surface area contributed by atoms with Crippen LogP contribution in [-0.4, -0.2) is 14.5 Å². The standard InChI is InChI=1S/C14H24N2O2S/c1-11(2)5-4-6-12(3)16-19(17,18)14-9-7-13(15)8-10-14/h7-12,16H,4-6,15H2,1-3H3. The van der Waals surface area contributed by atoms with Gasteiger partial charge in [0.1, 0.15) is 0 Å². The van der Waals surface area contributed by atoms with Crippen LogP contribution in [0.5, 0.6) is 0 Å². The van der Waals surface area contributed by atoms with Crippen LogP contribution in [-0.2, 0) is 10.0 Å². The van der Waals surface area contributed by atoms with Crippen LogP contribution in [0.25, 0.3) is 0 Å². The Kier molecular flexibility index (Phi) is 5.82. The van der Waals surface area contributed by atoms with E-state index in [0.717, 1.165) is 19.3 Å². The Balaban J connectivity index is 2.57. The topological polar surface area (TPSA) is 72.2 Å². The third-order valence-electron chi connectivity index (χ3n) is 2.97. The summed E-state index contributed by atoms with van der Waals surface area (Å²) in [5.74, 6) is 0.654. The van der Waals surface area contributed by atoms with Crippen LogP contribution in [0.1, 0.15) is 40.0 Å². The highest BCUT2D eigenvalue weighted by atomic mass is 32.2. The minimum Gasteiger partial charge on any atom is -0.399 e. The van der Waals surface area contributed by atoms with E-state index in [1.807, 2.05) is 6.92 Å². The van der Waals surface area contributed by atoms with Gasteiger partial charge in [-0.15, -0.1) is 0 Å². The normalized spacial score (nSPS) is 13.7. The van der Waals surface area contributed by atoms with Gasteiger partial charge in [0.15, 0.2) is 0 Å². The molecule has 5 heteroatoms. The Morgan fingerprint density at radius 3 is 2.21 bits per heavy atom. The highest BCUT2D eigenvalue weighted by Crippen LogP contribution is 2.14. The molecule has 0 fully saturated rings. The first-order valence-electron chi connectivity index (χ1n) is 6.69. The Bertz CT molecular complexity index is 481. The molecule has 0 radical (unpaired) electrons. The average Bonchev–Trinajstić information content (AvgIpc) is 2.28. The number of benzene rings is 1. The SMILES string of the molecule is CC(C)CCCC(C)NS(=O)(=O)c1ccc(N)cc1. The second kappa shape index (κ2) is 6.91. The molecular formula is C14H24N2O2S. The number of nitrogens with two attached hydrogens (primary N) is 1. The number of sulfonamides is 1. The van der Waals surface area contributed by atoms with Crippen molar-refractivity contribution in [3.8, 4) is 0 Å². The van der Waals surface area contributed by atoms with Crippen molar-refractivity contribution < 1.29 is 8.42 Å². The van der Waals surface area contributed by atoms with Crippen molar-refractivity contribution in [2.45, 2.75) is 51.0 Å². The van der Waals surface area contributed by atoms with Gasteiger partial charge in [0.25, 0.3) is 0 Å². The van der Waals surface area contributed by atoms with Crippen LogP contribution >= 0.6 is 0 Å². The number of hydrogen-bond donors (Lipinski definition) is 2. The van der Waals surface area contributed by atoms with Gasteiger partial charge in [0, 0.05) is 11.7 Å². The van der Waals surface area contributed by atoms with Gasteiger partial charge in [-0.25, -0.2) is 13.1 Å². The lowest BCUT2D eigenvalue weighted by molar-refractivity contribution is 0.488. The minimum absolute atomic E-state index is 0.0543. The number of nitrogens with one attached hydrogen (secondary N) is 1. The molecular weight excluding hydrogens is 260 g/mol. The van der Waals surface area contributed by atoms with E-state index in [2.05, 4.69) is 18.6 Å². The molecule has 4 nitrogen and oxygen atoms in total. The molecule has 108 valence electrons. The summed E-state index contributed by atoms with van der Waals surface area (Å²) in [6.07, 6.45) is 3.00. The first-order valence-corrected chi connectivity index (χ1v) is 8.17. The lowest BCUT2D eigenvalue weighted by Gasteiger charge is -2.15. The predicted molar refractivity (Wildman–Crippen MR) is 79.3 cm³/mol. The molecule has 3 N–H and O–H groups in total. The molecule has 0 aliphatic carbocycles. The van der Waals surface area contributed by atoms with Gasteiger partial charge >= 0.3 is 0 Å². The molecule has 1 aromatic carbocycles. The van der Waals surface area contributed by atoms with Crippen molar-refractivity contribution in [3.05, 3.63) is 24.3 Å². The maximum Gasteiger partial charge on any atom is 0.240 e. The smallest absolute Gasteiger partial charge is 0.240 e. The summed E-state index contributed by atoms with van der Waals surface area (Å²) < 4.78 is 26.9. The zero-order valence-corrected chi connectivity index (χ0v) is 12.7. The molecule has 19 heavy (non-hydrogen) atoms. The van der Waals surface area contributed by atoms with E-state index in [-0.39, 0.29) is 10.9 Å². The fourth-order valence-electron chi connectivity index (χ4n) is 1.87. The molecule has 0 saturated heterocycles. The van der Waals surface area contributed by atoms with Crippen molar-refractivity contribution in [2.24, 2.45) is 5.92 Å². The molecule has 0 saturated carbocycles. The third kappa shape index (κ3) is 5.61. The van der Waals surface area contributed by atoms with Crippen LogP contribution in [0.4, 0.5) is 5.69 Å². The number of nitrogen functional groups attached to an aromatic ring is 1. The zero-order chi connectivity index (χ0) is 14.5. The summed E-state index contributed by atoms with van der Waals surface area (Å²) in [5.41, 5.74) is 6.11. The number of rotatable bonds is 7. The van der Waals surface area contributed by atoms with Gasteiger partial charge in [-0.3, -0.25) is 0 Å². The predicted octanol–water partition coefficient (Wildman–Crippen LogP) is 2.76. The third-order valence-corrected chi connectivity index (χ3v) is 4.57. The van der Waals surface area contributed by atoms with Crippen LogP contribution in [0.3, 0.4) is 0 Å². The van der Waals surface area contributed by atoms with Gasteiger partial charge in [-0.1, -0.05) is 26.7 Å². The van der Waals surface area contributed by atoms with E-state index >= 15 is 0 Å². The molecule has 0 bridgehead atoms. The van der Waals surface area contributed by atoms with Gasteiger partial charge in [-0.2, -0.15) is 0 Å². The molecule has 0 aromatic heterocycles. The average molecular weight is 284 g/mol. The van der Waals surface area contributed by atoms with Crippen molar-refractivity contribution >= 4 is 15.7 Å².